The van der Waals surface area contributed by atoms with Gasteiger partial charge in [-0.2, -0.15) is 0 Å². The zero-order valence-corrected chi connectivity index (χ0v) is 35.3. The monoisotopic (exact) mass is 846 g/mol. The molecule has 330 valence electrons. The van der Waals surface area contributed by atoms with Crippen LogP contribution in [0.25, 0.3) is 11.1 Å². The van der Waals surface area contributed by atoms with Gasteiger partial charge in [-0.15, -0.1) is 0 Å². The topological polar surface area (TPSA) is 263 Å². The van der Waals surface area contributed by atoms with Crippen molar-refractivity contribution >= 4 is 47.5 Å². The van der Waals surface area contributed by atoms with Crippen LogP contribution in [0.4, 0.5) is 9.59 Å². The maximum Gasteiger partial charge on any atom is 0.425 e. The van der Waals surface area contributed by atoms with Gasteiger partial charge >= 0.3 is 24.1 Å². The molecule has 0 bridgehead atoms. The molecule has 0 saturated carbocycles. The van der Waals surface area contributed by atoms with Crippen LogP contribution >= 0.6 is 0 Å². The van der Waals surface area contributed by atoms with Gasteiger partial charge in [0, 0.05) is 23.2 Å². The maximum atomic E-state index is 13.2. The second kappa shape index (κ2) is 22.4. The van der Waals surface area contributed by atoms with E-state index < -0.39 is 109 Å². The number of methoxy groups -OCH3 is 2. The number of carbonyl (C=O) groups excluding carboxylic acids is 8. The fraction of sp³-hybridized carbons (Fsp3) is 0.500. The number of hydrogen-bond donors (Lipinski definition) is 4. The van der Waals surface area contributed by atoms with Crippen LogP contribution in [0.3, 0.4) is 0 Å². The molecular formula is C40H54N4O16. The van der Waals surface area contributed by atoms with E-state index in [1.54, 1.807) is 52.0 Å². The molecule has 4 N–H and O–H groups in total. The van der Waals surface area contributed by atoms with Crippen LogP contribution in [0.1, 0.15) is 88.9 Å². The number of rotatable bonds is 19. The normalized spacial score (nSPS) is 12.4. The molecule has 0 radical (unpaired) electrons. The van der Waals surface area contributed by atoms with Crippen molar-refractivity contribution in [2.24, 2.45) is 0 Å². The quantitative estimate of drug-likeness (QED) is 0.0521. The second-order valence-corrected chi connectivity index (χ2v) is 14.6. The molecule has 4 amide bonds. The summed E-state index contributed by atoms with van der Waals surface area (Å²) < 4.78 is 30.1. The number of hydrazine groups is 2. The van der Waals surface area contributed by atoms with Crippen molar-refractivity contribution in [2.75, 3.05) is 27.4 Å². The van der Waals surface area contributed by atoms with Crippen molar-refractivity contribution in [3.8, 4) is 11.1 Å². The number of amides is 4. The first-order valence-electron chi connectivity index (χ1n) is 18.6. The molecule has 0 fully saturated rings. The Hall–Kier alpha value is -5.96. The fourth-order valence-electron chi connectivity index (χ4n) is 5.11. The molecule has 0 aliphatic carbocycles. The van der Waals surface area contributed by atoms with E-state index in [1.165, 1.54) is 52.0 Å². The Morgan fingerprint density at radius 2 is 0.867 bits per heavy atom. The summed E-state index contributed by atoms with van der Waals surface area (Å²) in [6, 6.07) is 11.3. The summed E-state index contributed by atoms with van der Waals surface area (Å²) >= 11 is 0. The lowest BCUT2D eigenvalue weighted by Crippen LogP contribution is -2.55. The van der Waals surface area contributed by atoms with Gasteiger partial charge in [0.2, 0.25) is 0 Å². The van der Waals surface area contributed by atoms with Gasteiger partial charge in [0.05, 0.1) is 27.1 Å². The number of ether oxygens (including phenoxy) is 6. The lowest BCUT2D eigenvalue weighted by atomic mass is 10.0. The Kier molecular flexibility index (Phi) is 18.8. The Morgan fingerprint density at radius 3 is 1.12 bits per heavy atom. The Labute approximate surface area is 347 Å². The van der Waals surface area contributed by atoms with E-state index in [9.17, 15) is 48.6 Å². The molecule has 0 spiro atoms. The predicted octanol–water partition coefficient (Wildman–Crippen LogP) is 2.83. The first-order valence-corrected chi connectivity index (χ1v) is 18.6. The molecule has 2 rings (SSSR count). The number of Topliss-reactive ketones (excluding diaryl/α,β-unsaturated/α-hetero) is 2. The van der Waals surface area contributed by atoms with Crippen molar-refractivity contribution in [3.63, 3.8) is 0 Å². The zero-order valence-electron chi connectivity index (χ0n) is 35.3. The van der Waals surface area contributed by atoms with Crippen LogP contribution in [0.5, 0.6) is 0 Å². The summed E-state index contributed by atoms with van der Waals surface area (Å²) in [5, 5.41) is 22.1. The number of benzene rings is 2. The van der Waals surface area contributed by atoms with Crippen molar-refractivity contribution in [1.29, 1.82) is 0 Å². The average Bonchev–Trinajstić information content (AvgIpc) is 3.17. The van der Waals surface area contributed by atoms with Gasteiger partial charge in [-0.3, -0.25) is 28.8 Å². The average molecular weight is 847 g/mol. The summed E-state index contributed by atoms with van der Waals surface area (Å²) in [5.74, 6) is -8.58. The maximum absolute atomic E-state index is 13.2. The lowest BCUT2D eigenvalue weighted by Gasteiger charge is -2.32. The fourth-order valence-corrected chi connectivity index (χ4v) is 5.11. The van der Waals surface area contributed by atoms with Crippen LogP contribution in [0, 0.1) is 0 Å². The van der Waals surface area contributed by atoms with E-state index in [0.717, 1.165) is 24.2 Å². The highest BCUT2D eigenvalue weighted by Gasteiger charge is 2.36. The molecule has 0 aliphatic rings. The van der Waals surface area contributed by atoms with Crippen molar-refractivity contribution in [3.05, 3.63) is 59.7 Å². The lowest BCUT2D eigenvalue weighted by molar-refractivity contribution is -0.216. The van der Waals surface area contributed by atoms with Gasteiger partial charge in [0.15, 0.2) is 48.6 Å². The van der Waals surface area contributed by atoms with E-state index in [4.69, 9.17) is 18.9 Å². The summed E-state index contributed by atoms with van der Waals surface area (Å²) in [6.07, 6.45) is -6.49. The van der Waals surface area contributed by atoms with Crippen LogP contribution in [0.2, 0.25) is 0 Å². The summed E-state index contributed by atoms with van der Waals surface area (Å²) in [7, 11) is 2.20. The number of nitrogens with zero attached hydrogens (tertiary/aromatic N) is 2. The van der Waals surface area contributed by atoms with Gasteiger partial charge in [0.1, 0.15) is 0 Å². The summed E-state index contributed by atoms with van der Waals surface area (Å²) in [6.45, 7) is 9.94. The molecule has 0 heterocycles. The largest absolute Gasteiger partial charge is 0.457 e. The van der Waals surface area contributed by atoms with E-state index in [1.807, 2.05) is 0 Å². The first kappa shape index (κ1) is 50.2. The van der Waals surface area contributed by atoms with Crippen molar-refractivity contribution in [1.82, 2.24) is 20.9 Å². The minimum atomic E-state index is -1.86. The van der Waals surface area contributed by atoms with Crippen LogP contribution in [0.15, 0.2) is 48.5 Å². The number of aliphatic hydroxyl groups is 2. The Morgan fingerprint density at radius 1 is 0.567 bits per heavy atom. The molecular weight excluding hydrogens is 792 g/mol. The SMILES string of the molecule is COC(=O)NN(C(=O)[C@@H](CC(=O)OCC(=O)c1ccc(-c2ccc(C(=O)COC(=O)C[C@@H](OC(C)(C)O)C(=O)N(NC(=O)OC)C(C)C)cc2)cc1)OC(C)(C)O)C(C)C. The second-order valence-electron chi connectivity index (χ2n) is 14.6. The number of esters is 2. The van der Waals surface area contributed by atoms with E-state index in [0.29, 0.717) is 11.1 Å². The van der Waals surface area contributed by atoms with Gasteiger partial charge in [-0.1, -0.05) is 48.5 Å². The highest BCUT2D eigenvalue weighted by molar-refractivity contribution is 5.99. The van der Waals surface area contributed by atoms with Crippen LogP contribution in [-0.4, -0.2) is 131 Å². The third kappa shape index (κ3) is 16.7. The molecule has 2 aromatic carbocycles. The number of hydrogen-bond acceptors (Lipinski definition) is 16. The third-order valence-corrected chi connectivity index (χ3v) is 7.89. The molecule has 2 atom stereocenters. The molecule has 0 saturated heterocycles. The summed E-state index contributed by atoms with van der Waals surface area (Å²) in [4.78, 5) is 101. The molecule has 0 aliphatic heterocycles. The molecule has 20 heteroatoms. The van der Waals surface area contributed by atoms with Gasteiger partial charge < -0.3 is 38.6 Å². The smallest absolute Gasteiger partial charge is 0.425 e. The molecule has 60 heavy (non-hydrogen) atoms. The molecule has 0 aromatic heterocycles. The number of carbonyl (C=O) groups is 8. The Bertz CT molecular complexity index is 1700. The zero-order chi connectivity index (χ0) is 45.5. The standard InChI is InChI=1S/C40H54N4O16/c1-23(2)43(41-37(51)55-9)35(49)31(59-39(5,6)53)19-33(47)57-21-29(45)27-15-11-25(12-16-27)26-13-17-28(18-14-26)30(46)22-58-34(48)20-32(60-40(7,8)54)36(50)44(24(3)4)42-38(52)56-10/h11-18,23-24,31-32,53-54H,19-22H2,1-10H3,(H,41,51)(H,42,52)/t31-,32-/m1/s1. The molecule has 0 unspecified atom stereocenters. The summed E-state index contributed by atoms with van der Waals surface area (Å²) in [5.41, 5.74) is 6.17. The molecule has 2 aromatic rings. The van der Waals surface area contributed by atoms with Gasteiger partial charge in [0.25, 0.3) is 11.8 Å². The predicted molar refractivity (Wildman–Crippen MR) is 209 cm³/mol. The van der Waals surface area contributed by atoms with Crippen LogP contribution < -0.4 is 10.9 Å². The van der Waals surface area contributed by atoms with Crippen LogP contribution in [-0.2, 0) is 47.6 Å². The highest BCUT2D eigenvalue weighted by Crippen LogP contribution is 2.22. The number of ketones is 2. The molecule has 20 nitrogen and oxygen atoms in total. The minimum absolute atomic E-state index is 0.197. The van der Waals surface area contributed by atoms with E-state index in [2.05, 4.69) is 20.3 Å². The third-order valence-electron chi connectivity index (χ3n) is 7.89. The van der Waals surface area contributed by atoms with Gasteiger partial charge in [-0.25, -0.2) is 30.5 Å². The minimum Gasteiger partial charge on any atom is -0.457 e. The first-order chi connectivity index (χ1) is 27.8. The Balaban J connectivity index is 2.03. The van der Waals surface area contributed by atoms with Gasteiger partial charge in [-0.05, 0) is 66.5 Å². The highest BCUT2D eigenvalue weighted by atomic mass is 16.6. The van der Waals surface area contributed by atoms with Crippen molar-refractivity contribution in [2.45, 2.75) is 104 Å². The van der Waals surface area contributed by atoms with E-state index in [-0.39, 0.29) is 11.1 Å². The van der Waals surface area contributed by atoms with Crippen molar-refractivity contribution < 1.29 is 77.0 Å². The van der Waals surface area contributed by atoms with E-state index >= 15 is 0 Å². The number of nitrogens with one attached hydrogen (secondary N) is 2.